The molecule has 0 spiro atoms. The number of guanidine groups is 1. The number of rotatable bonds is 8. The Kier molecular flexibility index (Phi) is 9.36. The Morgan fingerprint density at radius 3 is 2.41 bits per heavy atom. The predicted molar refractivity (Wildman–Crippen MR) is 126 cm³/mol. The molecule has 2 heterocycles. The topological polar surface area (TPSA) is 134 Å². The van der Waals surface area contributed by atoms with Crippen molar-refractivity contribution in [1.29, 1.82) is 5.41 Å². The van der Waals surface area contributed by atoms with Crippen LogP contribution in [0.15, 0.2) is 42.7 Å². The van der Waals surface area contributed by atoms with Gasteiger partial charge in [-0.1, -0.05) is 11.6 Å². The minimum atomic E-state index is -5.28. The summed E-state index contributed by atoms with van der Waals surface area (Å²) in [5.41, 5.74) is 6.43. The molecule has 1 aromatic carbocycles. The molecule has 11 nitrogen and oxygen atoms in total. The second-order valence-corrected chi connectivity index (χ2v) is 8.15. The fraction of sp³-hybridized carbons (Fsp3) is 0.364. The summed E-state index contributed by atoms with van der Waals surface area (Å²) in [6, 6.07) is 8.41. The molecule has 0 aliphatic carbocycles. The highest BCUT2D eigenvalue weighted by atomic mass is 35.5. The average molecular weight is 545 g/mol. The van der Waals surface area contributed by atoms with E-state index in [9.17, 15) is 22.8 Å². The molecule has 1 fully saturated rings. The summed E-state index contributed by atoms with van der Waals surface area (Å²) in [4.78, 5) is 40.5. The zero-order valence-corrected chi connectivity index (χ0v) is 20.2. The fourth-order valence-corrected chi connectivity index (χ4v) is 3.57. The number of alkyl halides is 3. The number of hydroxylamine groups is 2. The van der Waals surface area contributed by atoms with Gasteiger partial charge in [0.1, 0.15) is 5.75 Å². The van der Waals surface area contributed by atoms with Crippen LogP contribution in [0.2, 0.25) is 5.02 Å². The number of hydrogen-bond acceptors (Lipinski definition) is 8. The van der Waals surface area contributed by atoms with Gasteiger partial charge in [-0.15, -0.1) is 0 Å². The number of nitrogens with zero attached hydrogens (tertiary/aromatic N) is 4. The number of ether oxygens (including phenoxy) is 1. The van der Waals surface area contributed by atoms with Crippen LogP contribution in [0.1, 0.15) is 16.8 Å². The van der Waals surface area contributed by atoms with E-state index in [1.807, 2.05) is 12.1 Å². The van der Waals surface area contributed by atoms with Crippen LogP contribution >= 0.6 is 11.6 Å². The van der Waals surface area contributed by atoms with Crippen LogP contribution < -0.4 is 15.4 Å². The third-order valence-electron chi connectivity index (χ3n) is 5.07. The molecule has 1 saturated heterocycles. The smallest absolute Gasteiger partial charge is 0.493 e. The summed E-state index contributed by atoms with van der Waals surface area (Å²) < 4.78 is 42.5. The van der Waals surface area contributed by atoms with Crippen LogP contribution in [0.5, 0.6) is 5.75 Å². The summed E-state index contributed by atoms with van der Waals surface area (Å²) in [6.07, 6.45) is -1.74. The molecule has 1 aromatic heterocycles. The maximum Gasteiger partial charge on any atom is 0.493 e. The molecule has 0 atom stereocenters. The summed E-state index contributed by atoms with van der Waals surface area (Å²) in [5, 5.41) is 7.29. The summed E-state index contributed by atoms with van der Waals surface area (Å²) in [7, 11) is 0. The van der Waals surface area contributed by atoms with Gasteiger partial charge in [-0.2, -0.15) is 13.2 Å². The van der Waals surface area contributed by atoms with Crippen molar-refractivity contribution < 1.29 is 37.2 Å². The highest BCUT2D eigenvalue weighted by molar-refractivity contribution is 6.31. The van der Waals surface area contributed by atoms with Crippen LogP contribution in [-0.2, 0) is 14.5 Å². The number of pyridine rings is 1. The van der Waals surface area contributed by atoms with Gasteiger partial charge in [0.05, 0.1) is 13.2 Å². The number of nitrogens with one attached hydrogen (secondary N) is 1. The van der Waals surface area contributed by atoms with E-state index >= 15 is 0 Å². The monoisotopic (exact) mass is 544 g/mol. The zero-order valence-electron chi connectivity index (χ0n) is 19.4. The predicted octanol–water partition coefficient (Wildman–Crippen LogP) is 2.61. The molecule has 2 aromatic rings. The van der Waals surface area contributed by atoms with E-state index in [0.29, 0.717) is 37.5 Å². The second-order valence-electron chi connectivity index (χ2n) is 7.71. The van der Waals surface area contributed by atoms with Crippen molar-refractivity contribution in [2.75, 3.05) is 44.3 Å². The first kappa shape index (κ1) is 27.8. The number of piperazine rings is 1. The molecule has 1 aliphatic rings. The lowest BCUT2D eigenvalue weighted by atomic mass is 10.1. The van der Waals surface area contributed by atoms with Gasteiger partial charge in [-0.05, 0) is 35.6 Å². The largest absolute Gasteiger partial charge is 0.493 e. The molecule has 0 radical (unpaired) electrons. The van der Waals surface area contributed by atoms with Crippen LogP contribution in [0.3, 0.4) is 0 Å². The van der Waals surface area contributed by atoms with Gasteiger partial charge >= 0.3 is 12.1 Å². The third kappa shape index (κ3) is 8.11. The third-order valence-corrected chi connectivity index (χ3v) is 5.29. The highest BCUT2D eigenvalue weighted by Crippen LogP contribution is 2.24. The first-order valence-corrected chi connectivity index (χ1v) is 11.4. The number of anilines is 1. The van der Waals surface area contributed by atoms with Gasteiger partial charge < -0.3 is 25.1 Å². The Morgan fingerprint density at radius 1 is 1.11 bits per heavy atom. The van der Waals surface area contributed by atoms with Crippen molar-refractivity contribution >= 4 is 35.1 Å². The molecule has 3 rings (SSSR count). The molecule has 0 unspecified atom stereocenters. The molecule has 15 heteroatoms. The Morgan fingerprint density at radius 2 is 1.78 bits per heavy atom. The highest BCUT2D eigenvalue weighted by Gasteiger charge is 2.43. The Balaban J connectivity index is 1.48. The van der Waals surface area contributed by atoms with E-state index < -0.39 is 18.1 Å². The van der Waals surface area contributed by atoms with Crippen LogP contribution in [0.25, 0.3) is 0 Å². The molecule has 200 valence electrons. The van der Waals surface area contributed by atoms with Crippen molar-refractivity contribution in [3.8, 4) is 5.75 Å². The quantitative estimate of drug-likeness (QED) is 0.222. The number of hydrogen-bond donors (Lipinski definition) is 2. The summed E-state index contributed by atoms with van der Waals surface area (Å²) in [5.74, 6) is -3.54. The van der Waals surface area contributed by atoms with Crippen LogP contribution in [0, 0.1) is 5.41 Å². The lowest BCUT2D eigenvalue weighted by Gasteiger charge is -2.36. The van der Waals surface area contributed by atoms with Gasteiger partial charge in [0.2, 0.25) is 0 Å². The Labute approximate surface area is 214 Å². The molecule has 1 amide bonds. The number of carbonyl (C=O) groups is 2. The van der Waals surface area contributed by atoms with Crippen LogP contribution in [-0.4, -0.2) is 78.5 Å². The van der Waals surface area contributed by atoms with Gasteiger partial charge in [-0.3, -0.25) is 15.2 Å². The number of amides is 1. The van der Waals surface area contributed by atoms with Crippen molar-refractivity contribution in [3.63, 3.8) is 0 Å². The standard InChI is InChI=1S/C22H24ClF3N6O5/c23-16-12-15(19(33)31-8-6-30(7-9-31)17-2-4-29-5-3-17)13-18(14-16)35-10-1-11-36-32(21(27)28)37-20(34)22(24,25)26/h2-5,12-14H,1,6-11H2,(H3,27,28). The van der Waals surface area contributed by atoms with Gasteiger partial charge in [0.15, 0.2) is 0 Å². The Hall–Kier alpha value is -3.78. The van der Waals surface area contributed by atoms with E-state index in [2.05, 4.69) is 14.7 Å². The number of benzene rings is 1. The average Bonchev–Trinajstić information content (AvgIpc) is 2.87. The normalized spacial score (nSPS) is 13.7. The second kappa shape index (κ2) is 12.5. The molecule has 1 aliphatic heterocycles. The molecule has 37 heavy (non-hydrogen) atoms. The first-order chi connectivity index (χ1) is 17.5. The number of carbonyl (C=O) groups excluding carboxylic acids is 2. The van der Waals surface area contributed by atoms with Crippen LogP contribution in [0.4, 0.5) is 18.9 Å². The lowest BCUT2D eigenvalue weighted by Crippen LogP contribution is -2.48. The van der Waals surface area contributed by atoms with Gasteiger partial charge in [0, 0.05) is 61.3 Å². The van der Waals surface area contributed by atoms with Crippen molar-refractivity contribution in [1.82, 2.24) is 15.1 Å². The minimum absolute atomic E-state index is 0.0115. The van der Waals surface area contributed by atoms with E-state index in [4.69, 9.17) is 32.3 Å². The van der Waals surface area contributed by atoms with Crippen molar-refractivity contribution in [2.24, 2.45) is 5.73 Å². The molecular formula is C22H24ClF3N6O5. The van der Waals surface area contributed by atoms with Gasteiger partial charge in [0.25, 0.3) is 11.9 Å². The van der Waals surface area contributed by atoms with Crippen molar-refractivity contribution in [2.45, 2.75) is 12.6 Å². The summed E-state index contributed by atoms with van der Waals surface area (Å²) >= 11 is 6.16. The maximum absolute atomic E-state index is 13.0. The molecule has 0 saturated carbocycles. The van der Waals surface area contributed by atoms with E-state index in [1.54, 1.807) is 17.3 Å². The number of nitrogens with two attached hydrogens (primary N) is 1. The van der Waals surface area contributed by atoms with E-state index in [1.165, 1.54) is 18.2 Å². The number of aromatic nitrogens is 1. The Bertz CT molecular complexity index is 1100. The van der Waals surface area contributed by atoms with E-state index in [0.717, 1.165) is 5.69 Å². The lowest BCUT2D eigenvalue weighted by molar-refractivity contribution is -0.317. The first-order valence-electron chi connectivity index (χ1n) is 11.0. The SMILES string of the molecule is N=C(N)N(OCCCOc1cc(Cl)cc(C(=O)N2CCN(c3ccncc3)CC2)c1)OC(=O)C(F)(F)F. The fourth-order valence-electron chi connectivity index (χ4n) is 3.34. The molecule has 3 N–H and O–H groups in total. The molecular weight excluding hydrogens is 521 g/mol. The summed E-state index contributed by atoms with van der Waals surface area (Å²) in [6.45, 7) is 2.08. The maximum atomic E-state index is 13.0. The minimum Gasteiger partial charge on any atom is -0.493 e. The zero-order chi connectivity index (χ0) is 27.0. The molecule has 0 bridgehead atoms. The van der Waals surface area contributed by atoms with Gasteiger partial charge in [-0.25, -0.2) is 9.63 Å². The van der Waals surface area contributed by atoms with E-state index in [-0.39, 0.29) is 35.8 Å². The van der Waals surface area contributed by atoms with Crippen molar-refractivity contribution in [3.05, 3.63) is 53.3 Å². The number of halogens is 4.